The maximum absolute atomic E-state index is 13.8. The summed E-state index contributed by atoms with van der Waals surface area (Å²) in [5.74, 6) is -1.78. The van der Waals surface area contributed by atoms with E-state index in [1.807, 2.05) is 70.5 Å². The second-order valence-corrected chi connectivity index (χ2v) is 10.7. The molecule has 0 bridgehead atoms. The van der Waals surface area contributed by atoms with Crippen LogP contribution in [0.4, 0.5) is 24.7 Å². The highest BCUT2D eigenvalue weighted by molar-refractivity contribution is 6.03. The predicted molar refractivity (Wildman–Crippen MR) is 163 cm³/mol. The second-order valence-electron chi connectivity index (χ2n) is 10.7. The van der Waals surface area contributed by atoms with Gasteiger partial charge in [-0.15, -0.1) is 0 Å². The van der Waals surface area contributed by atoms with E-state index in [0.29, 0.717) is 37.4 Å². The Morgan fingerprint density at radius 2 is 1.53 bits per heavy atom. The van der Waals surface area contributed by atoms with Gasteiger partial charge in [0, 0.05) is 25.2 Å². The monoisotopic (exact) mass is 613 g/mol. The number of hydrogen-bond donors (Lipinski definition) is 2. The molecule has 2 unspecified atom stereocenters. The van der Waals surface area contributed by atoms with Crippen molar-refractivity contribution in [2.75, 3.05) is 23.3 Å². The predicted octanol–water partition coefficient (Wildman–Crippen LogP) is 6.26. The van der Waals surface area contributed by atoms with E-state index in [9.17, 15) is 23.1 Å². The van der Waals surface area contributed by atoms with Crippen LogP contribution < -0.4 is 10.2 Å². The summed E-state index contributed by atoms with van der Waals surface area (Å²) in [5, 5.41) is 14.0. The van der Waals surface area contributed by atoms with Crippen molar-refractivity contribution in [3.63, 3.8) is 0 Å². The molecule has 45 heavy (non-hydrogen) atoms. The number of benzene rings is 3. The largest absolute Gasteiger partial charge is 0.437 e. The second kappa shape index (κ2) is 12.9. The van der Waals surface area contributed by atoms with Gasteiger partial charge in [-0.1, -0.05) is 78.9 Å². The first-order valence-corrected chi connectivity index (χ1v) is 14.4. The molecule has 230 valence electrons. The number of aromatic nitrogens is 2. The fourth-order valence-corrected chi connectivity index (χ4v) is 5.47. The number of oxazole rings is 1. The fourth-order valence-electron chi connectivity index (χ4n) is 5.47. The number of anilines is 2. The number of alkyl halides is 3. The molecule has 2 atom stereocenters. The Morgan fingerprint density at radius 3 is 2.16 bits per heavy atom. The van der Waals surface area contributed by atoms with Gasteiger partial charge in [0.15, 0.2) is 5.69 Å². The summed E-state index contributed by atoms with van der Waals surface area (Å²) in [6.07, 6.45) is -3.77. The maximum atomic E-state index is 13.8. The molecular weight excluding hydrogens is 583 g/mol. The van der Waals surface area contributed by atoms with Crippen LogP contribution in [0.25, 0.3) is 11.5 Å². The number of amides is 1. The molecule has 5 aromatic rings. The highest BCUT2D eigenvalue weighted by atomic mass is 19.4. The number of halogens is 3. The molecule has 2 aromatic heterocycles. The van der Waals surface area contributed by atoms with Gasteiger partial charge in [-0.3, -0.25) is 9.69 Å². The Hall–Kier alpha value is -5.00. The topological polar surface area (TPSA) is 94.7 Å². The van der Waals surface area contributed by atoms with Gasteiger partial charge in [0.05, 0.1) is 17.9 Å². The number of pyridine rings is 1. The molecule has 3 aromatic carbocycles. The minimum atomic E-state index is -4.90. The quantitative estimate of drug-likeness (QED) is 0.213. The van der Waals surface area contributed by atoms with Crippen LogP contribution in [0.3, 0.4) is 0 Å². The lowest BCUT2D eigenvalue weighted by molar-refractivity contribution is -0.141. The lowest BCUT2D eigenvalue weighted by Gasteiger charge is -2.46. The third-order valence-corrected chi connectivity index (χ3v) is 7.69. The van der Waals surface area contributed by atoms with Crippen molar-refractivity contribution in [1.82, 2.24) is 14.9 Å². The van der Waals surface area contributed by atoms with Crippen LogP contribution in [-0.4, -0.2) is 51.2 Å². The summed E-state index contributed by atoms with van der Waals surface area (Å²) < 4.78 is 46.6. The number of carbonyl (C=O) groups excluding carboxylic acids is 1. The van der Waals surface area contributed by atoms with Crippen molar-refractivity contribution in [2.24, 2.45) is 0 Å². The van der Waals surface area contributed by atoms with Crippen molar-refractivity contribution in [3.8, 4) is 11.5 Å². The molecule has 1 aliphatic rings. The molecular formula is C34H30F3N5O3. The van der Waals surface area contributed by atoms with E-state index in [4.69, 9.17) is 4.42 Å². The van der Waals surface area contributed by atoms with E-state index in [1.165, 1.54) is 6.20 Å². The first kappa shape index (κ1) is 30.0. The smallest absolute Gasteiger partial charge is 0.430 e. The van der Waals surface area contributed by atoms with Crippen molar-refractivity contribution < 1.29 is 27.5 Å². The molecule has 1 aliphatic heterocycles. The van der Waals surface area contributed by atoms with E-state index in [2.05, 4.69) is 15.3 Å². The van der Waals surface area contributed by atoms with Crippen LogP contribution in [0.5, 0.6) is 0 Å². The van der Waals surface area contributed by atoms with Gasteiger partial charge in [0.25, 0.3) is 5.91 Å². The van der Waals surface area contributed by atoms with Crippen LogP contribution in [0.2, 0.25) is 0 Å². The third kappa shape index (κ3) is 6.89. The van der Waals surface area contributed by atoms with E-state index in [0.717, 1.165) is 11.1 Å². The molecule has 0 aliphatic carbocycles. The first-order chi connectivity index (χ1) is 21.8. The summed E-state index contributed by atoms with van der Waals surface area (Å²) >= 11 is 0. The Balaban J connectivity index is 1.21. The molecule has 0 radical (unpaired) electrons. The summed E-state index contributed by atoms with van der Waals surface area (Å²) in [4.78, 5) is 25.1. The summed E-state index contributed by atoms with van der Waals surface area (Å²) in [6.45, 7) is 1.75. The van der Waals surface area contributed by atoms with E-state index in [1.54, 1.807) is 42.5 Å². The van der Waals surface area contributed by atoms with Gasteiger partial charge in [-0.2, -0.15) is 13.2 Å². The van der Waals surface area contributed by atoms with Crippen LogP contribution in [-0.2, 0) is 19.1 Å². The lowest BCUT2D eigenvalue weighted by atomic mass is 9.99. The zero-order valence-electron chi connectivity index (χ0n) is 24.1. The van der Waals surface area contributed by atoms with E-state index < -0.39 is 29.8 Å². The van der Waals surface area contributed by atoms with E-state index >= 15 is 0 Å². The summed E-state index contributed by atoms with van der Waals surface area (Å²) in [5.41, 5.74) is 1.23. The normalized spacial score (nSPS) is 17.3. The minimum absolute atomic E-state index is 0.178. The number of aliphatic hydroxyl groups excluding tert-OH is 1. The van der Waals surface area contributed by atoms with Gasteiger partial charge >= 0.3 is 6.18 Å². The van der Waals surface area contributed by atoms with Crippen LogP contribution in [0, 0.1) is 0 Å². The number of hydrogen-bond acceptors (Lipinski definition) is 7. The molecule has 6 rings (SSSR count). The molecule has 0 saturated carbocycles. The molecule has 2 N–H and O–H groups in total. The number of rotatable bonds is 8. The third-order valence-electron chi connectivity index (χ3n) is 7.69. The van der Waals surface area contributed by atoms with Crippen molar-refractivity contribution in [3.05, 3.63) is 132 Å². The van der Waals surface area contributed by atoms with Gasteiger partial charge < -0.3 is 19.7 Å². The Labute approximate surface area is 257 Å². The Kier molecular flexibility index (Phi) is 8.63. The highest BCUT2D eigenvalue weighted by Gasteiger charge is 2.41. The average Bonchev–Trinajstić information content (AvgIpc) is 3.52. The summed E-state index contributed by atoms with van der Waals surface area (Å²) in [6, 6.07) is 30.8. The highest BCUT2D eigenvalue weighted by Crippen LogP contribution is 2.35. The molecule has 1 fully saturated rings. The molecule has 8 nitrogen and oxygen atoms in total. The number of nitrogens with zero attached hydrogens (tertiary/aromatic N) is 4. The Bertz CT molecular complexity index is 1720. The minimum Gasteiger partial charge on any atom is -0.430 e. The van der Waals surface area contributed by atoms with Crippen LogP contribution in [0.15, 0.2) is 114 Å². The number of carbonyl (C=O) groups is 1. The van der Waals surface area contributed by atoms with Crippen LogP contribution in [0.1, 0.15) is 27.4 Å². The summed E-state index contributed by atoms with van der Waals surface area (Å²) in [7, 11) is 0. The van der Waals surface area contributed by atoms with Gasteiger partial charge in [-0.25, -0.2) is 9.97 Å². The zero-order chi connectivity index (χ0) is 31.4. The van der Waals surface area contributed by atoms with Crippen molar-refractivity contribution >= 4 is 17.4 Å². The van der Waals surface area contributed by atoms with Crippen LogP contribution >= 0.6 is 0 Å². The van der Waals surface area contributed by atoms with E-state index in [-0.39, 0.29) is 17.6 Å². The lowest BCUT2D eigenvalue weighted by Crippen LogP contribution is -2.60. The number of aliphatic hydroxyl groups is 1. The van der Waals surface area contributed by atoms with Crippen molar-refractivity contribution in [1.29, 1.82) is 0 Å². The average molecular weight is 614 g/mol. The molecule has 1 saturated heterocycles. The van der Waals surface area contributed by atoms with Gasteiger partial charge in [0.2, 0.25) is 11.7 Å². The molecule has 1 amide bonds. The SMILES string of the molecule is O=C(Nc1ccc(N2CCN(Cc3ccccc3)C(O)C2Cc2ccccc2)nc1)c1oc(-c2ccccc2)nc1C(F)(F)F. The van der Waals surface area contributed by atoms with Gasteiger partial charge in [0.1, 0.15) is 12.0 Å². The maximum Gasteiger partial charge on any atom is 0.437 e. The fraction of sp³-hybridized carbons (Fsp3) is 0.206. The first-order valence-electron chi connectivity index (χ1n) is 14.4. The van der Waals surface area contributed by atoms with Gasteiger partial charge in [-0.05, 0) is 41.8 Å². The standard InChI is InChI=1S/C34H30F3N5O3/c35-34(36,37)30-29(45-32(40-30)25-14-8-3-9-15-25)31(43)39-26-16-17-28(38-21-26)42-19-18-41(22-24-12-6-2-7-13-24)33(44)27(42)20-23-10-4-1-5-11-23/h1-17,21,27,33,44H,18-20,22H2,(H,39,43). The van der Waals surface area contributed by atoms with Crippen molar-refractivity contribution in [2.45, 2.75) is 31.4 Å². The zero-order valence-corrected chi connectivity index (χ0v) is 24.1. The molecule has 3 heterocycles. The molecule has 11 heteroatoms. The molecule has 0 spiro atoms. The number of piperazine rings is 1. The Morgan fingerprint density at radius 1 is 0.889 bits per heavy atom. The number of nitrogens with one attached hydrogen (secondary N) is 1.